The van der Waals surface area contributed by atoms with E-state index < -0.39 is 6.61 Å². The maximum Gasteiger partial charge on any atom is 0.387 e. The van der Waals surface area contributed by atoms with Crippen molar-refractivity contribution in [2.45, 2.75) is 26.1 Å². The largest absolute Gasteiger partial charge is 0.467 e. The van der Waals surface area contributed by atoms with Crippen molar-refractivity contribution in [3.05, 3.63) is 76.4 Å². The first-order chi connectivity index (χ1) is 12.6. The van der Waals surface area contributed by atoms with Gasteiger partial charge in [-0.1, -0.05) is 18.2 Å². The molecule has 0 spiro atoms. The van der Waals surface area contributed by atoms with Gasteiger partial charge in [-0.15, -0.1) is 11.3 Å². The summed E-state index contributed by atoms with van der Waals surface area (Å²) < 4.78 is 34.1. The van der Waals surface area contributed by atoms with Crippen LogP contribution in [0.2, 0.25) is 0 Å². The lowest BCUT2D eigenvalue weighted by Crippen LogP contribution is -2.31. The topological polar surface area (TPSA) is 42.7 Å². The van der Waals surface area contributed by atoms with E-state index >= 15 is 0 Å². The summed E-state index contributed by atoms with van der Waals surface area (Å²) >= 11 is 1.58. The minimum atomic E-state index is -2.86. The van der Waals surface area contributed by atoms with Gasteiger partial charge in [-0.2, -0.15) is 8.78 Å². The second-order valence-corrected chi connectivity index (χ2v) is 6.64. The summed E-state index contributed by atoms with van der Waals surface area (Å²) in [6.45, 7) is -2.00. The van der Waals surface area contributed by atoms with Gasteiger partial charge in [-0.25, -0.2) is 0 Å². The molecule has 2 heterocycles. The fraction of sp³-hybridized carbons (Fsp3) is 0.211. The summed E-state index contributed by atoms with van der Waals surface area (Å²) in [7, 11) is 0. The molecule has 136 valence electrons. The molecular formula is C19H17F2NO3S. The molecule has 0 aliphatic rings. The number of thiophene rings is 1. The van der Waals surface area contributed by atoms with Gasteiger partial charge in [0.25, 0.3) is 0 Å². The number of rotatable bonds is 8. The normalized spacial score (nSPS) is 10.9. The van der Waals surface area contributed by atoms with Crippen LogP contribution >= 0.6 is 11.3 Å². The lowest BCUT2D eigenvalue weighted by atomic mass is 10.1. The third-order valence-electron chi connectivity index (χ3n) is 3.71. The van der Waals surface area contributed by atoms with Gasteiger partial charge < -0.3 is 14.1 Å². The van der Waals surface area contributed by atoms with Crippen LogP contribution in [0.15, 0.2) is 64.6 Å². The first kappa shape index (κ1) is 18.1. The van der Waals surface area contributed by atoms with Crippen molar-refractivity contribution < 1.29 is 22.7 Å². The number of benzene rings is 1. The summed E-state index contributed by atoms with van der Waals surface area (Å²) in [4.78, 5) is 15.6. The summed E-state index contributed by atoms with van der Waals surface area (Å²) in [6.07, 6.45) is 1.74. The number of nitrogens with zero attached hydrogens (tertiary/aromatic N) is 1. The van der Waals surface area contributed by atoms with E-state index in [4.69, 9.17) is 4.42 Å². The molecule has 0 unspecified atom stereocenters. The highest BCUT2D eigenvalue weighted by molar-refractivity contribution is 7.09. The number of ether oxygens (including phenoxy) is 1. The molecule has 0 saturated carbocycles. The van der Waals surface area contributed by atoms with Crippen molar-refractivity contribution in [2.24, 2.45) is 0 Å². The van der Waals surface area contributed by atoms with Gasteiger partial charge in [0.2, 0.25) is 5.91 Å². The molecule has 0 N–H and O–H groups in total. The Labute approximate surface area is 153 Å². The zero-order valence-electron chi connectivity index (χ0n) is 13.8. The summed E-state index contributed by atoms with van der Waals surface area (Å²) in [5.41, 5.74) is 0.729. The van der Waals surface area contributed by atoms with E-state index in [-0.39, 0.29) is 18.1 Å². The van der Waals surface area contributed by atoms with Crippen LogP contribution in [0.1, 0.15) is 16.2 Å². The summed E-state index contributed by atoms with van der Waals surface area (Å²) in [5, 5.41) is 1.96. The van der Waals surface area contributed by atoms with E-state index in [2.05, 4.69) is 4.74 Å². The maximum atomic E-state index is 12.8. The Morgan fingerprint density at radius 2 is 1.92 bits per heavy atom. The van der Waals surface area contributed by atoms with E-state index in [0.29, 0.717) is 18.8 Å². The molecule has 0 atom stereocenters. The molecule has 0 aliphatic heterocycles. The Kier molecular flexibility index (Phi) is 6.01. The molecule has 0 radical (unpaired) electrons. The highest BCUT2D eigenvalue weighted by atomic mass is 32.1. The van der Waals surface area contributed by atoms with E-state index in [1.165, 1.54) is 12.1 Å². The van der Waals surface area contributed by atoms with Crippen LogP contribution in [0, 0.1) is 0 Å². The Hall–Kier alpha value is -2.67. The zero-order valence-corrected chi connectivity index (χ0v) is 14.6. The molecule has 0 fully saturated rings. The van der Waals surface area contributed by atoms with E-state index in [9.17, 15) is 13.6 Å². The predicted octanol–water partition coefficient (Wildman–Crippen LogP) is 4.71. The first-order valence-corrected chi connectivity index (χ1v) is 8.84. The molecule has 1 amide bonds. The maximum absolute atomic E-state index is 12.8. The second-order valence-electron chi connectivity index (χ2n) is 5.61. The highest BCUT2D eigenvalue weighted by Crippen LogP contribution is 2.18. The SMILES string of the molecule is O=C(Cc1ccc(OC(F)F)cc1)N(Cc1ccco1)Cc1cccs1. The average Bonchev–Trinajstić information content (AvgIpc) is 3.29. The Morgan fingerprint density at radius 3 is 2.54 bits per heavy atom. The van der Waals surface area contributed by atoms with Gasteiger partial charge in [0.15, 0.2) is 0 Å². The Morgan fingerprint density at radius 1 is 1.12 bits per heavy atom. The van der Waals surface area contributed by atoms with Crippen molar-refractivity contribution in [1.29, 1.82) is 0 Å². The summed E-state index contributed by atoms with van der Waals surface area (Å²) in [6, 6.07) is 13.6. The van der Waals surface area contributed by atoms with Crippen molar-refractivity contribution in [3.8, 4) is 5.75 Å². The first-order valence-electron chi connectivity index (χ1n) is 7.96. The highest BCUT2D eigenvalue weighted by Gasteiger charge is 2.17. The van der Waals surface area contributed by atoms with Crippen molar-refractivity contribution in [3.63, 3.8) is 0 Å². The van der Waals surface area contributed by atoms with Gasteiger partial charge >= 0.3 is 6.61 Å². The number of hydrogen-bond acceptors (Lipinski definition) is 4. The van der Waals surface area contributed by atoms with Crippen molar-refractivity contribution in [1.82, 2.24) is 4.90 Å². The quantitative estimate of drug-likeness (QED) is 0.571. The molecule has 3 rings (SSSR count). The number of carbonyl (C=O) groups excluding carboxylic acids is 1. The summed E-state index contributed by atoms with van der Waals surface area (Å²) in [5.74, 6) is 0.704. The third-order valence-corrected chi connectivity index (χ3v) is 4.57. The molecule has 0 saturated heterocycles. The molecule has 7 heteroatoms. The van der Waals surface area contributed by atoms with Crippen LogP contribution in [0.5, 0.6) is 5.75 Å². The van der Waals surface area contributed by atoms with E-state index in [1.54, 1.807) is 40.7 Å². The molecule has 4 nitrogen and oxygen atoms in total. The zero-order chi connectivity index (χ0) is 18.4. The van der Waals surface area contributed by atoms with Gasteiger partial charge in [-0.3, -0.25) is 4.79 Å². The minimum absolute atomic E-state index is 0.0715. The fourth-order valence-electron chi connectivity index (χ4n) is 2.49. The van der Waals surface area contributed by atoms with Crippen LogP contribution in [0.3, 0.4) is 0 Å². The third kappa shape index (κ3) is 5.16. The lowest BCUT2D eigenvalue weighted by molar-refractivity contribution is -0.132. The number of amides is 1. The predicted molar refractivity (Wildman–Crippen MR) is 94.1 cm³/mol. The molecule has 26 heavy (non-hydrogen) atoms. The van der Waals surface area contributed by atoms with Crippen molar-refractivity contribution >= 4 is 17.2 Å². The minimum Gasteiger partial charge on any atom is -0.467 e. The number of alkyl halides is 2. The van der Waals surface area contributed by atoms with Crippen LogP contribution in [-0.4, -0.2) is 17.4 Å². The standard InChI is InChI=1S/C19H17F2NO3S/c20-19(21)25-15-7-5-14(6-8-15)11-18(23)22(12-16-3-1-9-24-16)13-17-4-2-10-26-17/h1-10,19H,11-13H2. The lowest BCUT2D eigenvalue weighted by Gasteiger charge is -2.21. The van der Waals surface area contributed by atoms with Gasteiger partial charge in [0.1, 0.15) is 11.5 Å². The molecule has 0 bridgehead atoms. The number of carbonyl (C=O) groups is 1. The van der Waals surface area contributed by atoms with Gasteiger partial charge in [-0.05, 0) is 41.3 Å². The number of halogens is 2. The molecule has 1 aromatic carbocycles. The average molecular weight is 377 g/mol. The second kappa shape index (κ2) is 8.62. The van der Waals surface area contributed by atoms with Gasteiger partial charge in [0.05, 0.1) is 25.8 Å². The van der Waals surface area contributed by atoms with Gasteiger partial charge in [0, 0.05) is 4.88 Å². The Balaban J connectivity index is 1.68. The molecule has 3 aromatic rings. The molecule has 2 aromatic heterocycles. The van der Waals surface area contributed by atoms with Crippen LogP contribution in [0.25, 0.3) is 0 Å². The van der Waals surface area contributed by atoms with Crippen LogP contribution in [0.4, 0.5) is 8.78 Å². The van der Waals surface area contributed by atoms with E-state index in [0.717, 1.165) is 10.4 Å². The number of hydrogen-bond donors (Lipinski definition) is 0. The van der Waals surface area contributed by atoms with Crippen molar-refractivity contribution in [2.75, 3.05) is 0 Å². The number of furan rings is 1. The fourth-order valence-corrected chi connectivity index (χ4v) is 3.21. The van der Waals surface area contributed by atoms with Crippen LogP contribution < -0.4 is 4.74 Å². The van der Waals surface area contributed by atoms with E-state index in [1.807, 2.05) is 23.6 Å². The monoisotopic (exact) mass is 377 g/mol. The molecule has 0 aliphatic carbocycles. The van der Waals surface area contributed by atoms with Crippen LogP contribution in [-0.2, 0) is 24.3 Å². The smallest absolute Gasteiger partial charge is 0.387 e. The Bertz CT molecular complexity index is 766. The molecular weight excluding hydrogens is 360 g/mol.